The molecule has 1 heterocycles. The Labute approximate surface area is 163 Å². The van der Waals surface area contributed by atoms with E-state index in [2.05, 4.69) is 5.10 Å². The van der Waals surface area contributed by atoms with E-state index in [1.807, 2.05) is 4.72 Å². The number of hydrogen-bond acceptors (Lipinski definition) is 4. The molecule has 3 aromatic rings. The number of hydrogen-bond donors (Lipinski definition) is 1. The number of nitrogens with one attached hydrogen (secondary N) is 1. The number of nitrogens with zero attached hydrogens (tertiary/aromatic N) is 3. The van der Waals surface area contributed by atoms with Gasteiger partial charge in [0.1, 0.15) is 12.4 Å². The van der Waals surface area contributed by atoms with Gasteiger partial charge >= 0.3 is 6.18 Å². The minimum absolute atomic E-state index is 0.117. The molecule has 6 nitrogen and oxygen atoms in total. The van der Waals surface area contributed by atoms with Crippen LogP contribution in [0.25, 0.3) is 11.1 Å². The Kier molecular flexibility index (Phi) is 5.30. The molecule has 0 saturated carbocycles. The monoisotopic (exact) mass is 424 g/mol. The second kappa shape index (κ2) is 7.56. The summed E-state index contributed by atoms with van der Waals surface area (Å²) in [4.78, 5) is -0.187. The second-order valence-electron chi connectivity index (χ2n) is 5.81. The average Bonchev–Trinajstić information content (AvgIpc) is 3.01. The molecule has 0 aliphatic carbocycles. The van der Waals surface area contributed by atoms with Crippen molar-refractivity contribution in [1.29, 1.82) is 5.26 Å². The third-order valence-electron chi connectivity index (χ3n) is 3.86. The quantitative estimate of drug-likeness (QED) is 0.627. The first kappa shape index (κ1) is 20.3. The van der Waals surface area contributed by atoms with E-state index in [-0.39, 0.29) is 10.5 Å². The van der Waals surface area contributed by atoms with Gasteiger partial charge in [0.2, 0.25) is 0 Å². The van der Waals surface area contributed by atoms with Crippen LogP contribution in [-0.4, -0.2) is 18.2 Å². The van der Waals surface area contributed by atoms with Gasteiger partial charge in [0.25, 0.3) is 10.0 Å². The fourth-order valence-corrected chi connectivity index (χ4v) is 3.71. The van der Waals surface area contributed by atoms with E-state index in [0.717, 1.165) is 24.3 Å². The van der Waals surface area contributed by atoms with E-state index in [4.69, 9.17) is 5.26 Å². The van der Waals surface area contributed by atoms with Crippen LogP contribution in [0.2, 0.25) is 0 Å². The van der Waals surface area contributed by atoms with Crippen molar-refractivity contribution < 1.29 is 26.0 Å². The fourth-order valence-electron chi connectivity index (χ4n) is 2.68. The van der Waals surface area contributed by atoms with Crippen molar-refractivity contribution in [2.24, 2.45) is 0 Å². The molecule has 0 spiro atoms. The lowest BCUT2D eigenvalue weighted by molar-refractivity contribution is -0.143. The van der Waals surface area contributed by atoms with Gasteiger partial charge in [-0.1, -0.05) is 30.3 Å². The summed E-state index contributed by atoms with van der Waals surface area (Å²) in [5, 5.41) is 12.5. The topological polar surface area (TPSA) is 87.8 Å². The lowest BCUT2D eigenvalue weighted by atomic mass is 10.0. The summed E-state index contributed by atoms with van der Waals surface area (Å²) in [6, 6.07) is 12.6. The minimum Gasteiger partial charge on any atom is -0.261 e. The van der Waals surface area contributed by atoms with Crippen LogP contribution in [0.15, 0.2) is 59.5 Å². The molecule has 1 N–H and O–H groups in total. The largest absolute Gasteiger partial charge is 0.433 e. The number of sulfonamides is 1. The van der Waals surface area contributed by atoms with E-state index in [1.165, 1.54) is 24.3 Å². The van der Waals surface area contributed by atoms with Gasteiger partial charge < -0.3 is 0 Å². The minimum atomic E-state index is -4.95. The molecular weight excluding hydrogens is 412 g/mol. The first-order chi connectivity index (χ1) is 13.6. The summed E-state index contributed by atoms with van der Waals surface area (Å²) in [6.07, 6.45) is -4.95. The Bertz CT molecular complexity index is 1170. The summed E-state index contributed by atoms with van der Waals surface area (Å²) in [7, 11) is -4.27. The number of halogens is 4. The van der Waals surface area contributed by atoms with Crippen molar-refractivity contribution in [3.63, 3.8) is 0 Å². The Hall–Kier alpha value is -3.39. The van der Waals surface area contributed by atoms with E-state index >= 15 is 0 Å². The van der Waals surface area contributed by atoms with Crippen LogP contribution >= 0.6 is 0 Å². The molecule has 0 aliphatic heterocycles. The predicted molar refractivity (Wildman–Crippen MR) is 95.5 cm³/mol. The summed E-state index contributed by atoms with van der Waals surface area (Å²) in [6.45, 7) is -0.768. The van der Waals surface area contributed by atoms with Gasteiger partial charge in [0.15, 0.2) is 11.5 Å². The SMILES string of the molecule is N#CCn1nc(NS(=O)(=O)c2ccccc2)c(-c2ccc(F)cc2)c1C(F)(F)F. The zero-order valence-corrected chi connectivity index (χ0v) is 15.3. The van der Waals surface area contributed by atoms with Crippen LogP contribution in [0.1, 0.15) is 5.69 Å². The Morgan fingerprint density at radius 3 is 2.24 bits per heavy atom. The first-order valence-corrected chi connectivity index (χ1v) is 9.50. The third kappa shape index (κ3) is 4.22. The number of rotatable bonds is 5. The molecule has 150 valence electrons. The smallest absolute Gasteiger partial charge is 0.261 e. The van der Waals surface area contributed by atoms with Crippen molar-refractivity contribution in [1.82, 2.24) is 9.78 Å². The van der Waals surface area contributed by atoms with Crippen molar-refractivity contribution >= 4 is 15.8 Å². The van der Waals surface area contributed by atoms with Crippen molar-refractivity contribution in [3.8, 4) is 17.2 Å². The van der Waals surface area contributed by atoms with E-state index in [0.29, 0.717) is 4.68 Å². The Morgan fingerprint density at radius 1 is 1.07 bits per heavy atom. The molecule has 2 aromatic carbocycles. The van der Waals surface area contributed by atoms with Gasteiger partial charge in [-0.15, -0.1) is 0 Å². The van der Waals surface area contributed by atoms with Crippen molar-refractivity contribution in [3.05, 3.63) is 66.1 Å². The lowest BCUT2D eigenvalue weighted by Crippen LogP contribution is -2.15. The molecule has 0 unspecified atom stereocenters. The van der Waals surface area contributed by atoms with Gasteiger partial charge in [-0.25, -0.2) is 17.5 Å². The number of alkyl halides is 3. The summed E-state index contributed by atoms with van der Waals surface area (Å²) < 4.78 is 82.1. The normalized spacial score (nSPS) is 11.8. The second-order valence-corrected chi connectivity index (χ2v) is 7.49. The maximum atomic E-state index is 13.7. The van der Waals surface area contributed by atoms with Crippen LogP contribution in [0.5, 0.6) is 0 Å². The number of anilines is 1. The fraction of sp³-hybridized carbons (Fsp3) is 0.111. The molecule has 0 bridgehead atoms. The highest BCUT2D eigenvalue weighted by atomic mass is 32.2. The number of nitriles is 1. The molecule has 0 aliphatic rings. The van der Waals surface area contributed by atoms with Crippen LogP contribution in [0.3, 0.4) is 0 Å². The van der Waals surface area contributed by atoms with Crippen LogP contribution in [-0.2, 0) is 22.7 Å². The molecule has 1 aromatic heterocycles. The van der Waals surface area contributed by atoms with Gasteiger partial charge in [-0.3, -0.25) is 4.72 Å². The highest BCUT2D eigenvalue weighted by Gasteiger charge is 2.41. The van der Waals surface area contributed by atoms with Gasteiger partial charge in [-0.05, 0) is 29.8 Å². The highest BCUT2D eigenvalue weighted by molar-refractivity contribution is 7.92. The molecule has 11 heteroatoms. The van der Waals surface area contributed by atoms with E-state index in [9.17, 15) is 26.0 Å². The molecule has 0 fully saturated rings. The molecule has 0 saturated heterocycles. The Balaban J connectivity index is 2.23. The summed E-state index contributed by atoms with van der Waals surface area (Å²) in [5.74, 6) is -1.30. The molecule has 0 radical (unpaired) electrons. The van der Waals surface area contributed by atoms with Crippen molar-refractivity contribution in [2.75, 3.05) is 4.72 Å². The zero-order valence-electron chi connectivity index (χ0n) is 14.5. The highest BCUT2D eigenvalue weighted by Crippen LogP contribution is 2.41. The predicted octanol–water partition coefficient (Wildman–Crippen LogP) is 4.03. The lowest BCUT2D eigenvalue weighted by Gasteiger charge is -2.12. The van der Waals surface area contributed by atoms with Crippen LogP contribution in [0.4, 0.5) is 23.4 Å². The molecule has 3 rings (SSSR count). The van der Waals surface area contributed by atoms with E-state index < -0.39 is 45.6 Å². The number of benzene rings is 2. The Morgan fingerprint density at radius 2 is 1.69 bits per heavy atom. The molecule has 0 amide bonds. The van der Waals surface area contributed by atoms with Gasteiger partial charge in [-0.2, -0.15) is 23.5 Å². The van der Waals surface area contributed by atoms with Gasteiger partial charge in [0, 0.05) is 0 Å². The maximum Gasteiger partial charge on any atom is 0.433 e. The average molecular weight is 424 g/mol. The maximum absolute atomic E-state index is 13.7. The molecular formula is C18H12F4N4O2S. The van der Waals surface area contributed by atoms with Crippen molar-refractivity contribution in [2.45, 2.75) is 17.6 Å². The molecule has 0 atom stereocenters. The van der Waals surface area contributed by atoms with Gasteiger partial charge in [0.05, 0.1) is 16.5 Å². The van der Waals surface area contributed by atoms with Crippen LogP contribution < -0.4 is 4.72 Å². The summed E-state index contributed by atoms with van der Waals surface area (Å²) in [5.41, 5.74) is -2.04. The standard InChI is InChI=1S/C18H12F4N4O2S/c19-13-8-6-12(7-9-13)15-16(18(20,21)22)26(11-10-23)24-17(15)25-29(27,28)14-4-2-1-3-5-14/h1-9H,11H2,(H,24,25). The summed E-state index contributed by atoms with van der Waals surface area (Å²) >= 11 is 0. The third-order valence-corrected chi connectivity index (χ3v) is 5.21. The number of aromatic nitrogens is 2. The zero-order chi connectivity index (χ0) is 21.2. The molecule has 29 heavy (non-hydrogen) atoms. The first-order valence-electron chi connectivity index (χ1n) is 8.02. The van der Waals surface area contributed by atoms with E-state index in [1.54, 1.807) is 12.1 Å². The van der Waals surface area contributed by atoms with Crippen LogP contribution in [0, 0.1) is 17.1 Å².